The molecule has 0 fully saturated rings. The molecule has 0 N–H and O–H groups in total. The van der Waals surface area contributed by atoms with Crippen molar-refractivity contribution in [2.45, 2.75) is 46.3 Å². The fourth-order valence-electron chi connectivity index (χ4n) is 3.41. The van der Waals surface area contributed by atoms with E-state index in [1.807, 2.05) is 0 Å². The fourth-order valence-corrected chi connectivity index (χ4v) is 4.68. The summed E-state index contributed by atoms with van der Waals surface area (Å²) in [7, 11) is -3.47. The number of benzene rings is 1. The number of hydrogen-bond acceptors (Lipinski definition) is 3. The summed E-state index contributed by atoms with van der Waals surface area (Å²) in [5.74, 6) is -0.712. The lowest BCUT2D eigenvalue weighted by molar-refractivity contribution is -0.142. The van der Waals surface area contributed by atoms with E-state index in [-0.39, 0.29) is 18.2 Å². The van der Waals surface area contributed by atoms with Gasteiger partial charge in [-0.3, -0.25) is 9.10 Å². The Hall–Kier alpha value is -1.77. The topological polar surface area (TPSA) is 57.7 Å². The summed E-state index contributed by atoms with van der Waals surface area (Å²) in [6.07, 6.45) is -2.99. The van der Waals surface area contributed by atoms with E-state index in [1.165, 1.54) is 22.5 Å². The van der Waals surface area contributed by atoms with Crippen molar-refractivity contribution in [1.82, 2.24) is 4.90 Å². The summed E-state index contributed by atoms with van der Waals surface area (Å²) < 4.78 is 64.1. The Labute approximate surface area is 158 Å². The number of amides is 1. The Balaban J connectivity index is 2.37. The number of rotatable bonds is 4. The number of nitrogens with zero attached hydrogens (tertiary/aromatic N) is 2. The van der Waals surface area contributed by atoms with Gasteiger partial charge < -0.3 is 4.90 Å². The van der Waals surface area contributed by atoms with Gasteiger partial charge in [-0.05, 0) is 42.5 Å². The fraction of sp³-hybridized carbons (Fsp3) is 0.611. The van der Waals surface area contributed by atoms with Crippen molar-refractivity contribution in [3.8, 4) is 0 Å². The third kappa shape index (κ3) is 5.37. The van der Waals surface area contributed by atoms with Gasteiger partial charge in [-0.1, -0.05) is 20.8 Å². The van der Waals surface area contributed by atoms with Gasteiger partial charge in [0.15, 0.2) is 0 Å². The number of anilines is 1. The first-order valence-corrected chi connectivity index (χ1v) is 10.4. The largest absolute Gasteiger partial charge is 0.406 e. The van der Waals surface area contributed by atoms with Gasteiger partial charge in [0.05, 0.1) is 11.9 Å². The molecule has 9 heteroatoms. The Bertz CT molecular complexity index is 813. The molecule has 1 heterocycles. The zero-order chi connectivity index (χ0) is 20.8. The molecule has 1 aliphatic heterocycles. The third-order valence-corrected chi connectivity index (χ3v) is 5.43. The molecule has 0 radical (unpaired) electrons. The highest BCUT2D eigenvalue weighted by Gasteiger charge is 2.36. The standard InChI is InChI=1S/C18H25F3N2O3S/c1-12-8-14-9-13(6-7-15(14)23(12)27(5,25)26)16(24)22(10-17(2,3)4)11-18(19,20)21/h6-7,9,12H,8,10-11H2,1-5H3. The van der Waals surface area contributed by atoms with Gasteiger partial charge in [0, 0.05) is 18.2 Å². The van der Waals surface area contributed by atoms with Gasteiger partial charge in [-0.25, -0.2) is 8.42 Å². The molecule has 5 nitrogen and oxygen atoms in total. The van der Waals surface area contributed by atoms with Crippen molar-refractivity contribution in [3.05, 3.63) is 29.3 Å². The van der Waals surface area contributed by atoms with Gasteiger partial charge in [-0.2, -0.15) is 13.2 Å². The average Bonchev–Trinajstić information content (AvgIpc) is 2.77. The minimum atomic E-state index is -4.50. The minimum absolute atomic E-state index is 0.0473. The normalized spacial score (nSPS) is 17.8. The van der Waals surface area contributed by atoms with Crippen molar-refractivity contribution < 1.29 is 26.4 Å². The zero-order valence-corrected chi connectivity index (χ0v) is 16.9. The molecule has 2 rings (SSSR count). The molecule has 152 valence electrons. The smallest absolute Gasteiger partial charge is 0.329 e. The lowest BCUT2D eigenvalue weighted by atomic mass is 9.95. The van der Waals surface area contributed by atoms with Gasteiger partial charge in [0.25, 0.3) is 5.91 Å². The molecule has 0 spiro atoms. The Morgan fingerprint density at radius 1 is 1.22 bits per heavy atom. The van der Waals surface area contributed by atoms with Gasteiger partial charge >= 0.3 is 6.18 Å². The number of sulfonamides is 1. The van der Waals surface area contributed by atoms with Crippen LogP contribution in [-0.4, -0.2) is 50.8 Å². The molecule has 27 heavy (non-hydrogen) atoms. The Kier molecular flexibility index (Phi) is 5.58. The second kappa shape index (κ2) is 7.00. The van der Waals surface area contributed by atoms with Crippen molar-refractivity contribution in [3.63, 3.8) is 0 Å². The molecule has 0 bridgehead atoms. The second-order valence-corrected chi connectivity index (χ2v) is 10.2. The van der Waals surface area contributed by atoms with E-state index in [2.05, 4.69) is 0 Å². The molecule has 0 aromatic heterocycles. The van der Waals surface area contributed by atoms with Crippen molar-refractivity contribution in [2.24, 2.45) is 5.41 Å². The molecular formula is C18H25F3N2O3S. The number of carbonyl (C=O) groups excluding carboxylic acids is 1. The van der Waals surface area contributed by atoms with Crippen LogP contribution in [0.15, 0.2) is 18.2 Å². The lowest BCUT2D eigenvalue weighted by Gasteiger charge is -2.31. The maximum Gasteiger partial charge on any atom is 0.406 e. The van der Waals surface area contributed by atoms with Crippen LogP contribution in [0.4, 0.5) is 18.9 Å². The molecule has 1 atom stereocenters. The highest BCUT2D eigenvalue weighted by Crippen LogP contribution is 2.35. The third-order valence-electron chi connectivity index (χ3n) is 4.16. The summed E-state index contributed by atoms with van der Waals surface area (Å²) in [6, 6.07) is 4.09. The van der Waals surface area contributed by atoms with Crippen molar-refractivity contribution >= 4 is 21.6 Å². The second-order valence-electron chi connectivity index (χ2n) is 8.29. The van der Waals surface area contributed by atoms with E-state index in [0.29, 0.717) is 17.7 Å². The van der Waals surface area contributed by atoms with E-state index in [4.69, 9.17) is 0 Å². The number of alkyl halides is 3. The average molecular weight is 406 g/mol. The van der Waals surface area contributed by atoms with Crippen LogP contribution >= 0.6 is 0 Å². The van der Waals surface area contributed by atoms with Crippen LogP contribution in [-0.2, 0) is 16.4 Å². The van der Waals surface area contributed by atoms with Crippen LogP contribution in [0.5, 0.6) is 0 Å². The van der Waals surface area contributed by atoms with Crippen molar-refractivity contribution in [1.29, 1.82) is 0 Å². The first kappa shape index (κ1) is 21.5. The molecule has 1 aromatic rings. The summed E-state index contributed by atoms with van der Waals surface area (Å²) in [5, 5.41) is 0. The molecule has 1 aliphatic rings. The number of hydrogen-bond donors (Lipinski definition) is 0. The summed E-state index contributed by atoms with van der Waals surface area (Å²) in [5.41, 5.74) is 0.741. The van der Waals surface area contributed by atoms with E-state index in [1.54, 1.807) is 27.7 Å². The van der Waals surface area contributed by atoms with E-state index < -0.39 is 34.1 Å². The SMILES string of the molecule is CC1Cc2cc(C(=O)N(CC(C)(C)C)CC(F)(F)F)ccc2N1S(C)(=O)=O. The summed E-state index contributed by atoms with van der Waals surface area (Å²) >= 11 is 0. The molecule has 1 aromatic carbocycles. The zero-order valence-electron chi connectivity index (χ0n) is 16.1. The summed E-state index contributed by atoms with van der Waals surface area (Å²) in [6.45, 7) is 5.66. The molecule has 0 saturated heterocycles. The molecule has 1 unspecified atom stereocenters. The predicted molar refractivity (Wildman–Crippen MR) is 98.3 cm³/mol. The predicted octanol–water partition coefficient (Wildman–Crippen LogP) is 3.45. The quantitative estimate of drug-likeness (QED) is 0.770. The highest BCUT2D eigenvalue weighted by atomic mass is 32.2. The summed E-state index contributed by atoms with van der Waals surface area (Å²) in [4.78, 5) is 13.6. The van der Waals surface area contributed by atoms with Gasteiger partial charge in [0.1, 0.15) is 6.54 Å². The van der Waals surface area contributed by atoms with Crippen LogP contribution in [0.25, 0.3) is 0 Å². The molecule has 0 aliphatic carbocycles. The lowest BCUT2D eigenvalue weighted by Crippen LogP contribution is -2.43. The maximum atomic E-state index is 12.9. The Morgan fingerprint density at radius 2 is 1.81 bits per heavy atom. The maximum absolute atomic E-state index is 12.9. The number of carbonyl (C=O) groups is 1. The van der Waals surface area contributed by atoms with Crippen LogP contribution in [0.1, 0.15) is 43.6 Å². The van der Waals surface area contributed by atoms with Crippen LogP contribution in [0, 0.1) is 5.41 Å². The van der Waals surface area contributed by atoms with Crippen molar-refractivity contribution in [2.75, 3.05) is 23.7 Å². The number of fused-ring (bicyclic) bond motifs is 1. The first-order chi connectivity index (χ1) is 12.1. The van der Waals surface area contributed by atoms with Crippen LogP contribution < -0.4 is 4.31 Å². The Morgan fingerprint density at radius 3 is 2.30 bits per heavy atom. The molecular weight excluding hydrogens is 381 g/mol. The van der Waals surface area contributed by atoms with Gasteiger partial charge in [-0.15, -0.1) is 0 Å². The first-order valence-electron chi connectivity index (χ1n) is 8.57. The van der Waals surface area contributed by atoms with Crippen LogP contribution in [0.2, 0.25) is 0 Å². The van der Waals surface area contributed by atoms with Gasteiger partial charge in [0.2, 0.25) is 10.0 Å². The molecule has 1 amide bonds. The number of halogens is 3. The molecule has 0 saturated carbocycles. The van der Waals surface area contributed by atoms with E-state index in [9.17, 15) is 26.4 Å². The van der Waals surface area contributed by atoms with E-state index in [0.717, 1.165) is 11.2 Å². The minimum Gasteiger partial charge on any atom is -0.329 e. The highest BCUT2D eigenvalue weighted by molar-refractivity contribution is 7.92. The van der Waals surface area contributed by atoms with E-state index >= 15 is 0 Å². The monoisotopic (exact) mass is 406 g/mol. The van der Waals surface area contributed by atoms with Crippen LogP contribution in [0.3, 0.4) is 0 Å².